The van der Waals surface area contributed by atoms with Crippen molar-refractivity contribution in [3.8, 4) is 136 Å². The van der Waals surface area contributed by atoms with Crippen molar-refractivity contribution >= 4 is 43.1 Å². The molecule has 2 aliphatic carbocycles. The summed E-state index contributed by atoms with van der Waals surface area (Å²) >= 11 is 0. The smallest absolute Gasteiger partial charge is 0.165 e. The van der Waals surface area contributed by atoms with Gasteiger partial charge in [0.25, 0.3) is 0 Å². The normalized spacial score (nSPS) is 13.4. The summed E-state index contributed by atoms with van der Waals surface area (Å²) < 4.78 is 0. The molecule has 0 saturated heterocycles. The predicted molar refractivity (Wildman–Crippen MR) is 482 cm³/mol. The van der Waals surface area contributed by atoms with E-state index in [0.29, 0.717) is 52.4 Å². The predicted octanol–water partition coefficient (Wildman–Crippen LogP) is 26.0. The highest BCUT2D eigenvalue weighted by atomic mass is 15.1. The summed E-state index contributed by atoms with van der Waals surface area (Å²) in [6.45, 7) is 27.8. The number of hydrogen-bond acceptors (Lipinski definition) is 11. The van der Waals surface area contributed by atoms with E-state index in [4.69, 9.17) is 44.9 Å². The third kappa shape index (κ3) is 12.9. The Kier molecular flexibility index (Phi) is 17.2. The van der Waals surface area contributed by atoms with E-state index >= 15 is 0 Å². The average molecular weight is 1530 g/mol. The van der Waals surface area contributed by atoms with Crippen molar-refractivity contribution < 1.29 is 0 Å². The van der Waals surface area contributed by atoms with Gasteiger partial charge in [-0.3, -0.25) is 9.97 Å². The van der Waals surface area contributed by atoms with Crippen LogP contribution in [0.15, 0.2) is 298 Å². The zero-order valence-corrected chi connectivity index (χ0v) is 68.4. The lowest BCUT2D eigenvalue weighted by Crippen LogP contribution is -2.20. The number of aromatic nitrogens is 11. The lowest BCUT2D eigenvalue weighted by Gasteiger charge is -2.26. The number of pyridine rings is 2. The number of fused-ring (bicyclic) bond motifs is 10. The van der Waals surface area contributed by atoms with Crippen LogP contribution in [0, 0.1) is 0 Å². The Morgan fingerprint density at radius 2 is 0.593 bits per heavy atom. The third-order valence-electron chi connectivity index (χ3n) is 24.7. The summed E-state index contributed by atoms with van der Waals surface area (Å²) in [5.74, 6) is 5.32. The molecule has 0 N–H and O–H groups in total. The summed E-state index contributed by atoms with van der Waals surface area (Å²) in [5, 5.41) is 8.70. The van der Waals surface area contributed by atoms with Crippen LogP contribution >= 0.6 is 0 Å². The van der Waals surface area contributed by atoms with Crippen LogP contribution in [0.4, 0.5) is 0 Å². The van der Waals surface area contributed by atoms with E-state index in [1.807, 2.05) is 24.3 Å². The van der Waals surface area contributed by atoms with Gasteiger partial charge in [-0.05, 0) is 198 Å². The number of benzene rings is 13. The van der Waals surface area contributed by atoms with Gasteiger partial charge in [0.15, 0.2) is 52.4 Å². The molecular formula is C107H87N11. The first kappa shape index (κ1) is 73.1. The molecule has 0 fully saturated rings. The fraction of sp³-hybridized carbons (Fsp3) is 0.168. The fourth-order valence-electron chi connectivity index (χ4n) is 18.0. The summed E-state index contributed by atoms with van der Waals surface area (Å²) in [6, 6.07) is 98.7. The molecule has 0 aliphatic heterocycles. The summed E-state index contributed by atoms with van der Waals surface area (Å²) in [5.41, 5.74) is 24.8. The third-order valence-corrected chi connectivity index (χ3v) is 24.7. The molecule has 5 heterocycles. The molecule has 0 spiro atoms. The van der Waals surface area contributed by atoms with E-state index in [1.54, 1.807) is 24.8 Å². The van der Waals surface area contributed by atoms with Gasteiger partial charge < -0.3 is 0 Å². The van der Waals surface area contributed by atoms with Crippen LogP contribution < -0.4 is 0 Å². The lowest BCUT2D eigenvalue weighted by molar-refractivity contribution is 0.523. The van der Waals surface area contributed by atoms with Crippen molar-refractivity contribution in [2.24, 2.45) is 0 Å². The van der Waals surface area contributed by atoms with Gasteiger partial charge in [0.1, 0.15) is 0 Å². The van der Waals surface area contributed by atoms with Crippen molar-refractivity contribution in [3.05, 3.63) is 342 Å². The van der Waals surface area contributed by atoms with E-state index in [2.05, 4.69) is 342 Å². The standard InChI is InChI=1S/C107H87N11/c1-103(2,3)76-41-47-86-84-45-37-71(56-90(84)106(9,10)92(86)58-76)97-113-95(69-33-32-64-21-13-14-22-66(64)54-69)112-96(114-97)70-36-44-78-68(55-70)24-17-29-80(78)83-49-50-89(82-28-16-15-27-81(82)83)102-117-98(72-38-46-85-87-48-42-77(104(4,5)6)59-93(87)107(11,12)91(85)57-72)116-101(118-102)88-30-18-23-67-53-63(31-43-79(67)88)60-105(7,8)75-39-34-65(35-40-75)94-110-99(73-25-19-51-108-61-73)115-100(111-94)74-26-20-52-109-62-74/h13-59,61-62H,60H2,1-12H3. The maximum absolute atomic E-state index is 5.60. The minimum atomic E-state index is -0.280. The SMILES string of the molecule is CC(C)(C)c1ccc2c(c1)C(C)(C)c1cc(-c3nc(-c4ccc5ccccc5c4)nc(-c4ccc5c(-c6ccc(-c7nc(-c8ccc9c(c8)C(C)(C)c8cc(C(C)(C)C)ccc8-9)nc(-c8cccc9cc(CC(C)(C)c%10ccc(-c%11nc(-c%12cccnc%12)nc(-c%12cccnc%12)n%11)cc%10)ccc89)n7)c7ccccc67)cccc5c4)n3)ccc1-2. The highest BCUT2D eigenvalue weighted by Gasteiger charge is 2.39. The molecule has 0 saturated carbocycles. The summed E-state index contributed by atoms with van der Waals surface area (Å²) in [4.78, 5) is 56.3. The van der Waals surface area contributed by atoms with Gasteiger partial charge >= 0.3 is 0 Å². The Balaban J connectivity index is 0.662. The lowest BCUT2D eigenvalue weighted by atomic mass is 9.78. The molecule has 0 atom stereocenters. The van der Waals surface area contributed by atoms with Gasteiger partial charge in [-0.25, -0.2) is 44.9 Å². The van der Waals surface area contributed by atoms with Gasteiger partial charge in [-0.1, -0.05) is 301 Å². The second-order valence-electron chi connectivity index (χ2n) is 35.7. The van der Waals surface area contributed by atoms with Gasteiger partial charge in [-0.15, -0.1) is 0 Å². The van der Waals surface area contributed by atoms with Crippen LogP contribution in [0.3, 0.4) is 0 Å². The molecule has 11 heteroatoms. The van der Waals surface area contributed by atoms with E-state index < -0.39 is 0 Å². The van der Waals surface area contributed by atoms with Crippen molar-refractivity contribution in [1.82, 2.24) is 54.8 Å². The quantitative estimate of drug-likeness (QED) is 0.109. The largest absolute Gasteiger partial charge is 0.264 e. The van der Waals surface area contributed by atoms with Gasteiger partial charge in [0, 0.05) is 85.7 Å². The minimum absolute atomic E-state index is 0.00104. The molecule has 0 amide bonds. The van der Waals surface area contributed by atoms with Crippen molar-refractivity contribution in [3.63, 3.8) is 0 Å². The second kappa shape index (κ2) is 27.7. The van der Waals surface area contributed by atoms with Crippen LogP contribution in [0.5, 0.6) is 0 Å². The van der Waals surface area contributed by atoms with Crippen LogP contribution in [0.1, 0.15) is 128 Å². The number of hydrogen-bond donors (Lipinski definition) is 0. The Bertz CT molecular complexity index is 7070. The van der Waals surface area contributed by atoms with Crippen LogP contribution in [-0.2, 0) is 33.5 Å². The zero-order chi connectivity index (χ0) is 80.7. The van der Waals surface area contributed by atoms with Crippen LogP contribution in [0.25, 0.3) is 179 Å². The van der Waals surface area contributed by atoms with Crippen LogP contribution in [-0.4, -0.2) is 54.8 Å². The topological polar surface area (TPSA) is 142 Å². The molecule has 11 nitrogen and oxygen atoms in total. The molecule has 18 aromatic rings. The molecular weight excluding hydrogens is 1440 g/mol. The Hall–Kier alpha value is -13.8. The monoisotopic (exact) mass is 1530 g/mol. The van der Waals surface area contributed by atoms with Crippen molar-refractivity contribution in [2.75, 3.05) is 0 Å². The first-order valence-corrected chi connectivity index (χ1v) is 40.8. The molecule has 118 heavy (non-hydrogen) atoms. The molecule has 570 valence electrons. The molecule has 0 radical (unpaired) electrons. The van der Waals surface area contributed by atoms with Crippen molar-refractivity contribution in [2.45, 2.75) is 117 Å². The second-order valence-corrected chi connectivity index (χ2v) is 35.7. The maximum Gasteiger partial charge on any atom is 0.165 e. The van der Waals surface area contributed by atoms with Crippen molar-refractivity contribution in [1.29, 1.82) is 0 Å². The summed E-state index contributed by atoms with van der Waals surface area (Å²) in [7, 11) is 0. The van der Waals surface area contributed by atoms with E-state index in [9.17, 15) is 0 Å². The van der Waals surface area contributed by atoms with E-state index in [-0.39, 0.29) is 27.1 Å². The Labute approximate surface area is 688 Å². The molecule has 2 aliphatic rings. The number of nitrogens with zero attached hydrogens (tertiary/aromatic N) is 11. The highest BCUT2D eigenvalue weighted by molar-refractivity contribution is 6.10. The minimum Gasteiger partial charge on any atom is -0.264 e. The molecule has 0 bridgehead atoms. The fourth-order valence-corrected chi connectivity index (χ4v) is 18.0. The first-order chi connectivity index (χ1) is 56.9. The highest BCUT2D eigenvalue weighted by Crippen LogP contribution is 2.53. The first-order valence-electron chi connectivity index (χ1n) is 40.8. The molecule has 20 rings (SSSR count). The molecule has 0 unspecified atom stereocenters. The van der Waals surface area contributed by atoms with E-state index in [0.717, 1.165) is 111 Å². The molecule has 13 aromatic carbocycles. The Morgan fingerprint density at radius 1 is 0.237 bits per heavy atom. The maximum atomic E-state index is 5.60. The van der Waals surface area contributed by atoms with Gasteiger partial charge in [-0.2, -0.15) is 0 Å². The van der Waals surface area contributed by atoms with Crippen LogP contribution in [0.2, 0.25) is 0 Å². The molecule has 5 aromatic heterocycles. The Morgan fingerprint density at radius 3 is 1.13 bits per heavy atom. The van der Waals surface area contributed by atoms with Gasteiger partial charge in [0.2, 0.25) is 0 Å². The average Bonchev–Trinajstić information content (AvgIpc) is 1.56. The van der Waals surface area contributed by atoms with Gasteiger partial charge in [0.05, 0.1) is 0 Å². The zero-order valence-electron chi connectivity index (χ0n) is 68.4. The number of rotatable bonds is 13. The van der Waals surface area contributed by atoms with E-state index in [1.165, 1.54) is 66.8 Å². The summed E-state index contributed by atoms with van der Waals surface area (Å²) in [6.07, 6.45) is 7.84.